The van der Waals surface area contributed by atoms with Gasteiger partial charge < -0.3 is 5.32 Å². The molecule has 72 valence electrons. The second-order valence-electron chi connectivity index (χ2n) is 2.95. The van der Waals surface area contributed by atoms with Gasteiger partial charge in [-0.1, -0.05) is 15.9 Å². The number of nitrogens with zero attached hydrogens (tertiary/aromatic N) is 1. The molecule has 0 spiro atoms. The molecule has 0 bridgehead atoms. The summed E-state index contributed by atoms with van der Waals surface area (Å²) in [6, 6.07) is 1.87. The first kappa shape index (κ1) is 10.6. The zero-order valence-corrected chi connectivity index (χ0v) is 9.01. The second-order valence-corrected chi connectivity index (χ2v) is 3.60. The van der Waals surface area contributed by atoms with Gasteiger partial charge in [-0.05, 0) is 18.6 Å². The van der Waals surface area contributed by atoms with Crippen molar-refractivity contribution in [1.29, 1.82) is 0 Å². The van der Waals surface area contributed by atoms with Crippen molar-refractivity contribution < 1.29 is 4.39 Å². The lowest BCUT2D eigenvalue weighted by atomic mass is 10.2. The number of hydrogen-bond acceptors (Lipinski definition) is 2. The van der Waals surface area contributed by atoms with Crippen molar-refractivity contribution in [3.05, 3.63) is 29.8 Å². The molecule has 1 heterocycles. The molecule has 1 aromatic heterocycles. The molecule has 0 radical (unpaired) electrons. The maximum Gasteiger partial charge on any atom is 0.141 e. The fraction of sp³-hybridized carbons (Fsp3) is 0.444. The Balaban J connectivity index is 2.45. The molecule has 0 aliphatic heterocycles. The summed E-state index contributed by atoms with van der Waals surface area (Å²) in [6.07, 6.45) is 2.87. The molecule has 1 N–H and O–H groups in total. The van der Waals surface area contributed by atoms with E-state index >= 15 is 0 Å². The molecule has 0 aromatic carbocycles. The van der Waals surface area contributed by atoms with Gasteiger partial charge in [-0.3, -0.25) is 4.98 Å². The first-order valence-electron chi connectivity index (χ1n) is 4.11. The summed E-state index contributed by atoms with van der Waals surface area (Å²) < 4.78 is 12.7. The van der Waals surface area contributed by atoms with E-state index < -0.39 is 0 Å². The first-order valence-corrected chi connectivity index (χ1v) is 5.23. The molecule has 0 amide bonds. The van der Waals surface area contributed by atoms with Crippen molar-refractivity contribution in [1.82, 2.24) is 10.3 Å². The summed E-state index contributed by atoms with van der Waals surface area (Å²) in [6.45, 7) is 2.71. The summed E-state index contributed by atoms with van der Waals surface area (Å²) in [4.78, 5) is 3.76. The predicted octanol–water partition coefficient (Wildman–Crippen LogP) is 2.09. The quantitative estimate of drug-likeness (QED) is 0.824. The van der Waals surface area contributed by atoms with Crippen LogP contribution in [0.25, 0.3) is 0 Å². The maximum atomic E-state index is 12.7. The third kappa shape index (κ3) is 3.83. The average molecular weight is 247 g/mol. The van der Waals surface area contributed by atoms with Crippen LogP contribution in [0.5, 0.6) is 0 Å². The predicted molar refractivity (Wildman–Crippen MR) is 54.3 cm³/mol. The number of halogens is 2. The average Bonchev–Trinajstić information content (AvgIpc) is 2.14. The van der Waals surface area contributed by atoms with Crippen molar-refractivity contribution in [2.75, 3.05) is 5.33 Å². The number of nitrogens with one attached hydrogen (secondary N) is 1. The Morgan fingerprint density at radius 1 is 1.62 bits per heavy atom. The van der Waals surface area contributed by atoms with Crippen LogP contribution in [0.2, 0.25) is 0 Å². The van der Waals surface area contributed by atoms with Crippen molar-refractivity contribution in [2.45, 2.75) is 19.5 Å². The summed E-state index contributed by atoms with van der Waals surface area (Å²) in [7, 11) is 0. The summed E-state index contributed by atoms with van der Waals surface area (Å²) in [5, 5.41) is 4.11. The van der Waals surface area contributed by atoms with Crippen LogP contribution in [0.1, 0.15) is 12.5 Å². The van der Waals surface area contributed by atoms with Crippen molar-refractivity contribution >= 4 is 15.9 Å². The van der Waals surface area contributed by atoms with Gasteiger partial charge in [0.25, 0.3) is 0 Å². The Hall–Kier alpha value is -0.480. The highest BCUT2D eigenvalue weighted by Gasteiger charge is 1.99. The van der Waals surface area contributed by atoms with E-state index in [1.165, 1.54) is 12.3 Å². The van der Waals surface area contributed by atoms with E-state index in [4.69, 9.17) is 0 Å². The zero-order chi connectivity index (χ0) is 9.68. The molecule has 1 atom stereocenters. The molecule has 0 saturated carbocycles. The number of aromatic nitrogens is 1. The smallest absolute Gasteiger partial charge is 0.141 e. The molecule has 0 fully saturated rings. The Morgan fingerprint density at radius 3 is 3.00 bits per heavy atom. The number of hydrogen-bond donors (Lipinski definition) is 1. The molecule has 1 aromatic rings. The maximum absolute atomic E-state index is 12.7. The lowest BCUT2D eigenvalue weighted by Crippen LogP contribution is -2.26. The van der Waals surface area contributed by atoms with E-state index in [2.05, 4.69) is 33.2 Å². The van der Waals surface area contributed by atoms with Crippen molar-refractivity contribution in [2.24, 2.45) is 0 Å². The van der Waals surface area contributed by atoms with Gasteiger partial charge in [-0.25, -0.2) is 4.39 Å². The van der Waals surface area contributed by atoms with Crippen LogP contribution in [0.3, 0.4) is 0 Å². The van der Waals surface area contributed by atoms with Crippen molar-refractivity contribution in [3.63, 3.8) is 0 Å². The summed E-state index contributed by atoms with van der Waals surface area (Å²) >= 11 is 3.35. The van der Waals surface area contributed by atoms with Crippen LogP contribution < -0.4 is 5.32 Å². The van der Waals surface area contributed by atoms with Gasteiger partial charge in [0.05, 0.1) is 6.20 Å². The highest BCUT2D eigenvalue weighted by molar-refractivity contribution is 9.09. The summed E-state index contributed by atoms with van der Waals surface area (Å²) in [5.74, 6) is -0.286. The number of pyridine rings is 1. The fourth-order valence-electron chi connectivity index (χ4n) is 0.899. The van der Waals surface area contributed by atoms with Gasteiger partial charge in [0, 0.05) is 24.1 Å². The van der Waals surface area contributed by atoms with E-state index in [0.29, 0.717) is 12.6 Å². The molecule has 0 aliphatic rings. The topological polar surface area (TPSA) is 24.9 Å². The Kier molecular flexibility index (Phi) is 4.32. The lowest BCUT2D eigenvalue weighted by molar-refractivity contribution is 0.585. The van der Waals surface area contributed by atoms with Crippen LogP contribution in [0, 0.1) is 5.82 Å². The second kappa shape index (κ2) is 5.29. The van der Waals surface area contributed by atoms with Crippen LogP contribution in [-0.4, -0.2) is 16.4 Å². The van der Waals surface area contributed by atoms with Gasteiger partial charge in [0.15, 0.2) is 0 Å². The van der Waals surface area contributed by atoms with E-state index in [0.717, 1.165) is 10.9 Å². The van der Waals surface area contributed by atoms with Crippen LogP contribution in [0.15, 0.2) is 18.5 Å². The zero-order valence-electron chi connectivity index (χ0n) is 7.43. The minimum atomic E-state index is -0.286. The van der Waals surface area contributed by atoms with Gasteiger partial charge in [0.1, 0.15) is 5.82 Å². The molecule has 13 heavy (non-hydrogen) atoms. The standard InChI is InChI=1S/C9H12BrFN2/c1-7(3-10)13-5-8-2-9(11)6-12-4-8/h2,4,6-7,13H,3,5H2,1H3. The lowest BCUT2D eigenvalue weighted by Gasteiger charge is -2.09. The SMILES string of the molecule is CC(CBr)NCc1cncc(F)c1. The molecule has 4 heteroatoms. The van der Waals surface area contributed by atoms with E-state index in [-0.39, 0.29) is 5.82 Å². The van der Waals surface area contributed by atoms with Crippen molar-refractivity contribution in [3.8, 4) is 0 Å². The first-order chi connectivity index (χ1) is 6.22. The minimum absolute atomic E-state index is 0.286. The third-order valence-electron chi connectivity index (χ3n) is 1.65. The van der Waals surface area contributed by atoms with Gasteiger partial charge in [-0.15, -0.1) is 0 Å². The van der Waals surface area contributed by atoms with Gasteiger partial charge in [-0.2, -0.15) is 0 Å². The number of rotatable bonds is 4. The Bertz CT molecular complexity index is 268. The molecule has 0 saturated heterocycles. The monoisotopic (exact) mass is 246 g/mol. The molecule has 1 unspecified atom stereocenters. The third-order valence-corrected chi connectivity index (χ3v) is 2.62. The largest absolute Gasteiger partial charge is 0.309 e. The number of alkyl halides is 1. The minimum Gasteiger partial charge on any atom is -0.309 e. The van der Waals surface area contributed by atoms with Crippen LogP contribution >= 0.6 is 15.9 Å². The summed E-state index contributed by atoms with van der Waals surface area (Å²) in [5.41, 5.74) is 0.868. The van der Waals surface area contributed by atoms with Gasteiger partial charge in [0.2, 0.25) is 0 Å². The molecular weight excluding hydrogens is 235 g/mol. The normalized spacial score (nSPS) is 12.8. The Morgan fingerprint density at radius 2 is 2.38 bits per heavy atom. The van der Waals surface area contributed by atoms with E-state index in [1.54, 1.807) is 6.20 Å². The van der Waals surface area contributed by atoms with E-state index in [9.17, 15) is 4.39 Å². The highest BCUT2D eigenvalue weighted by atomic mass is 79.9. The van der Waals surface area contributed by atoms with Gasteiger partial charge >= 0.3 is 0 Å². The van der Waals surface area contributed by atoms with Crippen LogP contribution in [-0.2, 0) is 6.54 Å². The molecule has 0 aliphatic carbocycles. The Labute approximate surface area is 85.7 Å². The fourth-order valence-corrected chi connectivity index (χ4v) is 1.13. The molecule has 2 nitrogen and oxygen atoms in total. The molecular formula is C9H12BrFN2. The highest BCUT2D eigenvalue weighted by Crippen LogP contribution is 2.01. The van der Waals surface area contributed by atoms with Crippen LogP contribution in [0.4, 0.5) is 4.39 Å². The van der Waals surface area contributed by atoms with E-state index in [1.807, 2.05) is 0 Å². The molecule has 1 rings (SSSR count).